The molecule has 0 aliphatic heterocycles. The summed E-state index contributed by atoms with van der Waals surface area (Å²) >= 11 is 0. The van der Waals surface area contributed by atoms with E-state index < -0.39 is 22.8 Å². The van der Waals surface area contributed by atoms with Crippen LogP contribution < -0.4 is 0 Å². The van der Waals surface area contributed by atoms with E-state index in [1.54, 1.807) is 41.5 Å². The summed E-state index contributed by atoms with van der Waals surface area (Å²) in [7, 11) is 0. The Kier molecular flexibility index (Phi) is 6.21. The molecule has 0 aromatic heterocycles. The SMILES string of the molecule is CC(C)(C)C(=O)O.CC(C)(C)C(=O)OO. The Balaban J connectivity index is 0. The first kappa shape index (κ1) is 16.3. The molecule has 2 N–H and O–H groups in total. The van der Waals surface area contributed by atoms with Gasteiger partial charge in [0.05, 0.1) is 10.8 Å². The molecule has 0 rings (SSSR count). The van der Waals surface area contributed by atoms with Crippen molar-refractivity contribution in [2.24, 2.45) is 10.8 Å². The van der Waals surface area contributed by atoms with Gasteiger partial charge in [-0.25, -0.2) is 4.79 Å². The van der Waals surface area contributed by atoms with Crippen molar-refractivity contribution in [3.8, 4) is 0 Å². The summed E-state index contributed by atoms with van der Waals surface area (Å²) in [6.45, 7) is 9.96. The zero-order valence-corrected chi connectivity index (χ0v) is 10.1. The molecule has 0 fully saturated rings. The Labute approximate surface area is 90.0 Å². The minimum Gasteiger partial charge on any atom is -0.481 e. The summed E-state index contributed by atoms with van der Waals surface area (Å²) in [5.41, 5.74) is -1.19. The lowest BCUT2D eigenvalue weighted by atomic mass is 9.98. The number of hydrogen-bond donors (Lipinski definition) is 2. The molecule has 0 amide bonds. The number of aliphatic carboxylic acids is 1. The summed E-state index contributed by atoms with van der Waals surface area (Å²) in [5, 5.41) is 16.1. The van der Waals surface area contributed by atoms with Crippen molar-refractivity contribution in [3.05, 3.63) is 0 Å². The maximum absolute atomic E-state index is 10.4. The predicted octanol–water partition coefficient (Wildman–Crippen LogP) is 2.17. The summed E-state index contributed by atoms with van der Waals surface area (Å²) < 4.78 is 0. The van der Waals surface area contributed by atoms with Crippen molar-refractivity contribution < 1.29 is 24.8 Å². The number of rotatable bonds is 0. The Bertz CT molecular complexity index is 219. The third-order valence-corrected chi connectivity index (χ3v) is 1.34. The molecule has 0 aliphatic carbocycles. The third-order valence-electron chi connectivity index (χ3n) is 1.34. The molecule has 0 bridgehead atoms. The molecule has 5 nitrogen and oxygen atoms in total. The van der Waals surface area contributed by atoms with Gasteiger partial charge in [0.1, 0.15) is 0 Å². The molecule has 0 heterocycles. The highest BCUT2D eigenvalue weighted by molar-refractivity contribution is 5.74. The summed E-state index contributed by atoms with van der Waals surface area (Å²) in [4.78, 5) is 23.9. The quantitative estimate of drug-likeness (QED) is 0.482. The van der Waals surface area contributed by atoms with Crippen molar-refractivity contribution >= 4 is 11.9 Å². The maximum atomic E-state index is 10.4. The van der Waals surface area contributed by atoms with E-state index >= 15 is 0 Å². The second kappa shape index (κ2) is 5.70. The van der Waals surface area contributed by atoms with Crippen molar-refractivity contribution in [1.29, 1.82) is 0 Å². The molecule has 5 heteroatoms. The van der Waals surface area contributed by atoms with Gasteiger partial charge >= 0.3 is 11.9 Å². The van der Waals surface area contributed by atoms with Crippen molar-refractivity contribution in [1.82, 2.24) is 0 Å². The van der Waals surface area contributed by atoms with Crippen LogP contribution in [0.5, 0.6) is 0 Å². The normalized spacial score (nSPS) is 11.1. The van der Waals surface area contributed by atoms with Crippen LogP contribution in [-0.4, -0.2) is 22.3 Å². The zero-order valence-electron chi connectivity index (χ0n) is 10.1. The molecule has 0 radical (unpaired) electrons. The molecule has 0 saturated carbocycles. The largest absolute Gasteiger partial charge is 0.481 e. The predicted molar refractivity (Wildman–Crippen MR) is 55.3 cm³/mol. The summed E-state index contributed by atoms with van der Waals surface area (Å²) in [5.74, 6) is -1.37. The lowest BCUT2D eigenvalue weighted by molar-refractivity contribution is -0.243. The lowest BCUT2D eigenvalue weighted by Gasteiger charge is -2.11. The highest BCUT2D eigenvalue weighted by Gasteiger charge is 2.22. The van der Waals surface area contributed by atoms with Gasteiger partial charge in [-0.3, -0.25) is 4.79 Å². The molecular formula is C10H20O5. The second-order valence-corrected chi connectivity index (χ2v) is 5.18. The van der Waals surface area contributed by atoms with Crippen LogP contribution in [-0.2, 0) is 14.5 Å². The van der Waals surface area contributed by atoms with Gasteiger partial charge in [-0.1, -0.05) is 0 Å². The smallest absolute Gasteiger partial charge is 0.347 e. The Hall–Kier alpha value is -1.10. The van der Waals surface area contributed by atoms with Crippen LogP contribution in [0.2, 0.25) is 0 Å². The lowest BCUT2D eigenvalue weighted by Crippen LogP contribution is -2.21. The van der Waals surface area contributed by atoms with E-state index in [4.69, 9.17) is 10.4 Å². The van der Waals surface area contributed by atoms with Gasteiger partial charge in [0.15, 0.2) is 0 Å². The average Bonchev–Trinajstić information content (AvgIpc) is 2.00. The van der Waals surface area contributed by atoms with Gasteiger partial charge in [0.2, 0.25) is 0 Å². The summed E-state index contributed by atoms with van der Waals surface area (Å²) in [6, 6.07) is 0. The number of carbonyl (C=O) groups excluding carboxylic acids is 1. The van der Waals surface area contributed by atoms with Crippen LogP contribution in [0.15, 0.2) is 0 Å². The fraction of sp³-hybridized carbons (Fsp3) is 0.800. The van der Waals surface area contributed by atoms with Crippen LogP contribution in [0.3, 0.4) is 0 Å². The van der Waals surface area contributed by atoms with Gasteiger partial charge in [-0.05, 0) is 41.5 Å². The second-order valence-electron chi connectivity index (χ2n) is 5.18. The minimum atomic E-state index is -0.757. The van der Waals surface area contributed by atoms with Crippen molar-refractivity contribution in [2.75, 3.05) is 0 Å². The molecular weight excluding hydrogens is 200 g/mol. The molecule has 0 aromatic carbocycles. The standard InChI is InChI=1S/C5H10O3.C5H10O2/c1-5(2,3)4(6)8-7;1-5(2,3)4(6)7/h7H,1-3H3;1-3H3,(H,6,7). The Morgan fingerprint density at radius 1 is 0.933 bits per heavy atom. The van der Waals surface area contributed by atoms with Gasteiger partial charge in [0, 0.05) is 0 Å². The first-order chi connectivity index (χ1) is 6.42. The molecule has 0 unspecified atom stereocenters. The van der Waals surface area contributed by atoms with Crippen LogP contribution in [0.4, 0.5) is 0 Å². The van der Waals surface area contributed by atoms with E-state index in [-0.39, 0.29) is 0 Å². The minimum absolute atomic E-state index is 0.583. The highest BCUT2D eigenvalue weighted by Crippen LogP contribution is 2.13. The number of carboxylic acids is 1. The first-order valence-electron chi connectivity index (χ1n) is 4.52. The average molecular weight is 220 g/mol. The van der Waals surface area contributed by atoms with E-state index in [9.17, 15) is 9.59 Å². The van der Waals surface area contributed by atoms with E-state index in [1.165, 1.54) is 0 Å². The Morgan fingerprint density at radius 3 is 1.20 bits per heavy atom. The van der Waals surface area contributed by atoms with Gasteiger partial charge < -0.3 is 9.99 Å². The van der Waals surface area contributed by atoms with Crippen LogP contribution in [0.25, 0.3) is 0 Å². The van der Waals surface area contributed by atoms with Gasteiger partial charge in [0.25, 0.3) is 0 Å². The molecule has 0 aliphatic rings. The maximum Gasteiger partial charge on any atom is 0.347 e. The molecule has 90 valence electrons. The topological polar surface area (TPSA) is 83.8 Å². The molecule has 0 spiro atoms. The molecule has 0 atom stereocenters. The zero-order chi connectivity index (χ0) is 12.9. The number of hydrogen-bond acceptors (Lipinski definition) is 4. The van der Waals surface area contributed by atoms with Crippen molar-refractivity contribution in [2.45, 2.75) is 41.5 Å². The third kappa shape index (κ3) is 9.21. The number of carbonyl (C=O) groups is 2. The molecule has 15 heavy (non-hydrogen) atoms. The van der Waals surface area contributed by atoms with Gasteiger partial charge in [-0.15, -0.1) is 0 Å². The Morgan fingerprint density at radius 2 is 1.20 bits per heavy atom. The van der Waals surface area contributed by atoms with E-state index in [1.807, 2.05) is 0 Å². The first-order valence-corrected chi connectivity index (χ1v) is 4.52. The van der Waals surface area contributed by atoms with Crippen LogP contribution in [0.1, 0.15) is 41.5 Å². The molecule has 0 saturated heterocycles. The fourth-order valence-electron chi connectivity index (χ4n) is 0.137. The van der Waals surface area contributed by atoms with E-state index in [2.05, 4.69) is 4.89 Å². The fourth-order valence-corrected chi connectivity index (χ4v) is 0.137. The van der Waals surface area contributed by atoms with Crippen LogP contribution >= 0.6 is 0 Å². The number of carboxylic acid groups (broad SMARTS) is 1. The highest BCUT2D eigenvalue weighted by atomic mass is 17.1. The van der Waals surface area contributed by atoms with Gasteiger partial charge in [-0.2, -0.15) is 5.26 Å². The van der Waals surface area contributed by atoms with E-state index in [0.717, 1.165) is 0 Å². The van der Waals surface area contributed by atoms with Crippen molar-refractivity contribution in [3.63, 3.8) is 0 Å². The summed E-state index contributed by atoms with van der Waals surface area (Å²) in [6.07, 6.45) is 0. The van der Waals surface area contributed by atoms with Crippen LogP contribution in [0, 0.1) is 10.8 Å². The monoisotopic (exact) mass is 220 g/mol. The molecule has 0 aromatic rings. The van der Waals surface area contributed by atoms with E-state index in [0.29, 0.717) is 0 Å².